The maximum absolute atomic E-state index is 11.8. The van der Waals surface area contributed by atoms with Gasteiger partial charge in [-0.25, -0.2) is 4.98 Å². The van der Waals surface area contributed by atoms with E-state index in [2.05, 4.69) is 15.8 Å². The average molecular weight is 266 g/mol. The van der Waals surface area contributed by atoms with Crippen molar-refractivity contribution in [2.75, 3.05) is 25.1 Å². The summed E-state index contributed by atoms with van der Waals surface area (Å²) in [4.78, 5) is 17.8. The van der Waals surface area contributed by atoms with Gasteiger partial charge in [-0.15, -0.1) is 0 Å². The Morgan fingerprint density at radius 3 is 2.84 bits per heavy atom. The Bertz CT molecular complexity index is 370. The molecule has 0 radical (unpaired) electrons. The van der Waals surface area contributed by atoms with Gasteiger partial charge in [-0.05, 0) is 32.4 Å². The lowest BCUT2D eigenvalue weighted by atomic mass is 10.3. The normalized spacial score (nSPS) is 10.8. The highest BCUT2D eigenvalue weighted by Crippen LogP contribution is 2.00. The summed E-state index contributed by atoms with van der Waals surface area (Å²) < 4.78 is 0. The summed E-state index contributed by atoms with van der Waals surface area (Å²) in [5.41, 5.74) is 5.36. The van der Waals surface area contributed by atoms with Crippen LogP contribution in [0.4, 0.5) is 5.82 Å². The first-order valence-corrected chi connectivity index (χ1v) is 6.44. The molecule has 1 amide bonds. The lowest BCUT2D eigenvalue weighted by molar-refractivity contribution is -0.122. The second-order valence-electron chi connectivity index (χ2n) is 4.53. The standard InChI is InChI=1S/C13H22N4O2/c1-11(2)17(8-5-9-18)10-13(19)16-15-12-6-3-4-7-14-12/h3-4,6-7,11,18H,5,8-10H2,1-2H3,(H,14,15)(H,16,19). The molecule has 1 rings (SSSR count). The summed E-state index contributed by atoms with van der Waals surface area (Å²) in [5.74, 6) is 0.472. The maximum atomic E-state index is 11.8. The number of rotatable bonds is 8. The van der Waals surface area contributed by atoms with Crippen molar-refractivity contribution >= 4 is 11.7 Å². The largest absolute Gasteiger partial charge is 0.396 e. The van der Waals surface area contributed by atoms with Gasteiger partial charge in [-0.2, -0.15) is 0 Å². The van der Waals surface area contributed by atoms with Crippen LogP contribution in [0.25, 0.3) is 0 Å². The number of aliphatic hydroxyl groups is 1. The summed E-state index contributed by atoms with van der Waals surface area (Å²) in [6.45, 7) is 5.17. The molecule has 6 nitrogen and oxygen atoms in total. The molecule has 0 atom stereocenters. The highest BCUT2D eigenvalue weighted by molar-refractivity contribution is 5.79. The van der Waals surface area contributed by atoms with Crippen molar-refractivity contribution in [2.45, 2.75) is 26.3 Å². The first kappa shape index (κ1) is 15.4. The van der Waals surface area contributed by atoms with E-state index in [1.807, 2.05) is 30.9 Å². The molecule has 0 unspecified atom stereocenters. The maximum Gasteiger partial charge on any atom is 0.252 e. The molecule has 0 aromatic carbocycles. The Balaban J connectivity index is 2.36. The molecule has 0 aliphatic rings. The Labute approximate surface area is 113 Å². The molecule has 0 aliphatic heterocycles. The number of carbonyl (C=O) groups excluding carboxylic acids is 1. The Morgan fingerprint density at radius 2 is 2.26 bits per heavy atom. The van der Waals surface area contributed by atoms with Gasteiger partial charge in [0.25, 0.3) is 5.91 Å². The van der Waals surface area contributed by atoms with Crippen LogP contribution < -0.4 is 10.9 Å². The molecule has 1 heterocycles. The highest BCUT2D eigenvalue weighted by Gasteiger charge is 2.13. The molecule has 0 spiro atoms. The van der Waals surface area contributed by atoms with E-state index in [9.17, 15) is 4.79 Å². The first-order valence-electron chi connectivity index (χ1n) is 6.44. The number of pyridine rings is 1. The molecule has 19 heavy (non-hydrogen) atoms. The van der Waals surface area contributed by atoms with Crippen LogP contribution in [-0.4, -0.2) is 46.6 Å². The van der Waals surface area contributed by atoms with E-state index in [0.29, 0.717) is 18.8 Å². The van der Waals surface area contributed by atoms with Crippen molar-refractivity contribution in [3.05, 3.63) is 24.4 Å². The summed E-state index contributed by atoms with van der Waals surface area (Å²) in [6, 6.07) is 5.67. The second-order valence-corrected chi connectivity index (χ2v) is 4.53. The molecule has 3 N–H and O–H groups in total. The molecule has 0 saturated carbocycles. The smallest absolute Gasteiger partial charge is 0.252 e. The molecule has 0 aliphatic carbocycles. The summed E-state index contributed by atoms with van der Waals surface area (Å²) in [5, 5.41) is 8.84. The van der Waals surface area contributed by atoms with Crippen molar-refractivity contribution < 1.29 is 9.90 Å². The number of anilines is 1. The van der Waals surface area contributed by atoms with E-state index < -0.39 is 0 Å². The predicted molar refractivity (Wildman–Crippen MR) is 74.4 cm³/mol. The van der Waals surface area contributed by atoms with Gasteiger partial charge in [-0.1, -0.05) is 6.07 Å². The van der Waals surface area contributed by atoms with Crippen LogP contribution in [0.1, 0.15) is 20.3 Å². The van der Waals surface area contributed by atoms with Gasteiger partial charge >= 0.3 is 0 Å². The minimum atomic E-state index is -0.128. The van der Waals surface area contributed by atoms with Gasteiger partial charge in [0.1, 0.15) is 5.82 Å². The highest BCUT2D eigenvalue weighted by atomic mass is 16.3. The van der Waals surface area contributed by atoms with E-state index in [-0.39, 0.29) is 25.1 Å². The number of hydrogen-bond donors (Lipinski definition) is 3. The van der Waals surface area contributed by atoms with Crippen LogP contribution >= 0.6 is 0 Å². The molecule has 106 valence electrons. The Kier molecular flexibility index (Phi) is 6.84. The lowest BCUT2D eigenvalue weighted by Crippen LogP contribution is -2.43. The zero-order chi connectivity index (χ0) is 14.1. The number of nitrogens with zero attached hydrogens (tertiary/aromatic N) is 2. The third-order valence-electron chi connectivity index (χ3n) is 2.68. The Morgan fingerprint density at radius 1 is 1.47 bits per heavy atom. The van der Waals surface area contributed by atoms with E-state index in [1.54, 1.807) is 12.3 Å². The summed E-state index contributed by atoms with van der Waals surface area (Å²) >= 11 is 0. The van der Waals surface area contributed by atoms with Crippen LogP contribution in [-0.2, 0) is 4.79 Å². The number of aromatic nitrogens is 1. The van der Waals surface area contributed by atoms with Crippen molar-refractivity contribution in [1.29, 1.82) is 0 Å². The van der Waals surface area contributed by atoms with Gasteiger partial charge in [0, 0.05) is 25.4 Å². The first-order chi connectivity index (χ1) is 9.13. The van der Waals surface area contributed by atoms with Gasteiger partial charge < -0.3 is 5.11 Å². The molecule has 0 fully saturated rings. The van der Waals surface area contributed by atoms with E-state index in [4.69, 9.17) is 5.11 Å². The third-order valence-corrected chi connectivity index (χ3v) is 2.68. The SMILES string of the molecule is CC(C)N(CCCO)CC(=O)NNc1ccccn1. The molecule has 0 bridgehead atoms. The fourth-order valence-electron chi connectivity index (χ4n) is 1.59. The van der Waals surface area contributed by atoms with Crippen LogP contribution in [0, 0.1) is 0 Å². The minimum Gasteiger partial charge on any atom is -0.396 e. The molecule has 0 saturated heterocycles. The van der Waals surface area contributed by atoms with Crippen LogP contribution in [0.15, 0.2) is 24.4 Å². The van der Waals surface area contributed by atoms with Crippen LogP contribution in [0.5, 0.6) is 0 Å². The number of hydrazine groups is 1. The van der Waals surface area contributed by atoms with Crippen molar-refractivity contribution in [2.24, 2.45) is 0 Å². The number of hydrogen-bond acceptors (Lipinski definition) is 5. The topological polar surface area (TPSA) is 77.5 Å². The van der Waals surface area contributed by atoms with Crippen molar-refractivity contribution in [3.63, 3.8) is 0 Å². The quantitative estimate of drug-likeness (QED) is 0.601. The Hall–Kier alpha value is -1.66. The fourth-order valence-corrected chi connectivity index (χ4v) is 1.59. The molecule has 6 heteroatoms. The molecular weight excluding hydrogens is 244 g/mol. The van der Waals surface area contributed by atoms with E-state index in [1.165, 1.54) is 0 Å². The number of carbonyl (C=O) groups is 1. The van der Waals surface area contributed by atoms with Gasteiger partial charge in [0.05, 0.1) is 6.54 Å². The summed E-state index contributed by atoms with van der Waals surface area (Å²) in [6.07, 6.45) is 2.31. The number of aliphatic hydroxyl groups excluding tert-OH is 1. The van der Waals surface area contributed by atoms with Crippen LogP contribution in [0.3, 0.4) is 0 Å². The van der Waals surface area contributed by atoms with Crippen molar-refractivity contribution in [3.8, 4) is 0 Å². The van der Waals surface area contributed by atoms with Crippen LogP contribution in [0.2, 0.25) is 0 Å². The third kappa shape index (κ3) is 6.17. The fraction of sp³-hybridized carbons (Fsp3) is 0.538. The van der Waals surface area contributed by atoms with E-state index >= 15 is 0 Å². The predicted octanol–water partition coefficient (Wildman–Crippen LogP) is 0.617. The average Bonchev–Trinajstić information content (AvgIpc) is 2.42. The van der Waals surface area contributed by atoms with Gasteiger partial charge in [-0.3, -0.25) is 20.5 Å². The van der Waals surface area contributed by atoms with Gasteiger partial charge in [0.15, 0.2) is 0 Å². The molecular formula is C13H22N4O2. The molecule has 1 aromatic heterocycles. The monoisotopic (exact) mass is 266 g/mol. The minimum absolute atomic E-state index is 0.128. The number of amides is 1. The van der Waals surface area contributed by atoms with Crippen molar-refractivity contribution in [1.82, 2.24) is 15.3 Å². The summed E-state index contributed by atoms with van der Waals surface area (Å²) in [7, 11) is 0. The molecule has 1 aromatic rings. The lowest BCUT2D eigenvalue weighted by Gasteiger charge is -2.25. The zero-order valence-corrected chi connectivity index (χ0v) is 11.5. The number of nitrogens with one attached hydrogen (secondary N) is 2. The van der Waals surface area contributed by atoms with Gasteiger partial charge in [0.2, 0.25) is 0 Å². The second kappa shape index (κ2) is 8.44. The zero-order valence-electron chi connectivity index (χ0n) is 11.5. The van der Waals surface area contributed by atoms with E-state index in [0.717, 1.165) is 0 Å².